The second-order valence-electron chi connectivity index (χ2n) is 12.8. The number of nitrogens with zero attached hydrogens (tertiary/aromatic N) is 2. The first-order chi connectivity index (χ1) is 23.2. The Morgan fingerprint density at radius 2 is 1.43 bits per heavy atom. The van der Waals surface area contributed by atoms with E-state index in [0.717, 1.165) is 21.9 Å². The molecule has 0 unspecified atom stereocenters. The number of benzene rings is 3. The predicted molar refractivity (Wildman–Crippen MR) is 189 cm³/mol. The lowest BCUT2D eigenvalue weighted by molar-refractivity contribution is -0.143. The number of nitrogens with two attached hydrogens (primary N) is 1. The number of ether oxygens (including phenoxy) is 1. The standard InChI is InChI=1S/C37H50N6O6/c1-25(44)40-21-13-12-18-30(33(45)39-4)41-34(46)31(23-26-14-8-7-9-15-26)42(5)35(47)32(43(6)36(48)49-37(2,3)38)24-27-19-20-28-16-10-11-17-29(28)22-27/h7-11,14-17,19-20,22,30-32H,12-13,18,21,23-24,38H2,1-6H3,(H,39,45)(H,40,44)(H,41,46)/t30-,31+,32+/m0/s1. The van der Waals surface area contributed by atoms with Crippen LogP contribution >= 0.6 is 0 Å². The molecule has 0 aliphatic carbocycles. The van der Waals surface area contributed by atoms with Crippen LogP contribution in [-0.4, -0.2) is 91.1 Å². The molecule has 49 heavy (non-hydrogen) atoms. The fourth-order valence-corrected chi connectivity index (χ4v) is 5.48. The SMILES string of the molecule is CNC(=O)[C@H](CCCCNC(C)=O)NC(=O)[C@@H](Cc1ccccc1)N(C)C(=O)[C@@H](Cc1ccc2ccccc2c1)N(C)C(=O)OC(C)(C)N. The Hall–Kier alpha value is -4.97. The summed E-state index contributed by atoms with van der Waals surface area (Å²) in [4.78, 5) is 68.4. The van der Waals surface area contributed by atoms with E-state index in [1.165, 1.54) is 51.7 Å². The zero-order valence-electron chi connectivity index (χ0n) is 29.3. The highest BCUT2D eigenvalue weighted by Gasteiger charge is 2.37. The van der Waals surface area contributed by atoms with Crippen LogP contribution in [0.25, 0.3) is 10.8 Å². The third kappa shape index (κ3) is 11.9. The van der Waals surface area contributed by atoms with E-state index in [4.69, 9.17) is 10.5 Å². The molecule has 0 saturated carbocycles. The van der Waals surface area contributed by atoms with E-state index < -0.39 is 41.8 Å². The van der Waals surface area contributed by atoms with Crippen molar-refractivity contribution >= 4 is 40.5 Å². The average Bonchev–Trinajstić information content (AvgIpc) is 3.07. The number of carbonyl (C=O) groups excluding carboxylic acids is 5. The lowest BCUT2D eigenvalue weighted by Gasteiger charge is -2.35. The lowest BCUT2D eigenvalue weighted by Crippen LogP contribution is -2.58. The lowest BCUT2D eigenvalue weighted by atomic mass is 9.98. The first kappa shape index (κ1) is 38.5. The van der Waals surface area contributed by atoms with Crippen LogP contribution in [0.15, 0.2) is 72.8 Å². The molecule has 0 saturated heterocycles. The summed E-state index contributed by atoms with van der Waals surface area (Å²) in [6, 6.07) is 20.0. The summed E-state index contributed by atoms with van der Waals surface area (Å²) in [6.45, 7) is 4.96. The van der Waals surface area contributed by atoms with Gasteiger partial charge in [0.2, 0.25) is 23.6 Å². The van der Waals surface area contributed by atoms with Gasteiger partial charge in [0.1, 0.15) is 18.1 Å². The van der Waals surface area contributed by atoms with E-state index in [1.807, 2.05) is 72.8 Å². The minimum Gasteiger partial charge on any atom is -0.428 e. The van der Waals surface area contributed by atoms with Crippen LogP contribution in [0.4, 0.5) is 4.79 Å². The van der Waals surface area contributed by atoms with Crippen molar-refractivity contribution in [2.24, 2.45) is 5.73 Å². The second kappa shape index (κ2) is 18.0. The molecule has 0 bridgehead atoms. The molecule has 3 atom stereocenters. The Kier molecular flexibility index (Phi) is 14.1. The predicted octanol–water partition coefficient (Wildman–Crippen LogP) is 3.12. The normalized spacial score (nSPS) is 13.0. The van der Waals surface area contributed by atoms with E-state index in [0.29, 0.717) is 25.8 Å². The molecule has 0 fully saturated rings. The number of carbonyl (C=O) groups is 5. The first-order valence-electron chi connectivity index (χ1n) is 16.5. The maximum Gasteiger partial charge on any atom is 0.411 e. The molecular formula is C37H50N6O6. The highest BCUT2D eigenvalue weighted by atomic mass is 16.6. The molecule has 5 N–H and O–H groups in total. The fraction of sp³-hybridized carbons (Fsp3) is 0.432. The van der Waals surface area contributed by atoms with Crippen molar-refractivity contribution in [3.8, 4) is 0 Å². The molecule has 0 radical (unpaired) electrons. The number of nitrogens with one attached hydrogen (secondary N) is 3. The molecule has 0 aromatic heterocycles. The van der Waals surface area contributed by atoms with Crippen molar-refractivity contribution in [1.82, 2.24) is 25.8 Å². The van der Waals surface area contributed by atoms with Crippen molar-refractivity contribution < 1.29 is 28.7 Å². The van der Waals surface area contributed by atoms with E-state index >= 15 is 0 Å². The van der Waals surface area contributed by atoms with Gasteiger partial charge >= 0.3 is 6.09 Å². The van der Waals surface area contributed by atoms with E-state index in [1.54, 1.807) is 0 Å². The number of unbranched alkanes of at least 4 members (excludes halogenated alkanes) is 1. The van der Waals surface area contributed by atoms with Crippen molar-refractivity contribution in [2.45, 2.75) is 76.7 Å². The Labute approximate surface area is 288 Å². The van der Waals surface area contributed by atoms with Crippen LogP contribution in [0, 0.1) is 0 Å². The van der Waals surface area contributed by atoms with Crippen LogP contribution in [0.2, 0.25) is 0 Å². The van der Waals surface area contributed by atoms with Gasteiger partial charge in [-0.05, 0) is 55.0 Å². The van der Waals surface area contributed by atoms with Crippen molar-refractivity contribution in [3.05, 3.63) is 83.9 Å². The second-order valence-corrected chi connectivity index (χ2v) is 12.8. The summed E-state index contributed by atoms with van der Waals surface area (Å²) in [6.07, 6.45) is 1.02. The first-order valence-corrected chi connectivity index (χ1v) is 16.5. The molecule has 3 aromatic carbocycles. The maximum atomic E-state index is 14.5. The molecular weight excluding hydrogens is 624 g/mol. The molecule has 0 heterocycles. The van der Waals surface area contributed by atoms with Crippen LogP contribution in [-0.2, 0) is 36.8 Å². The molecule has 12 nitrogen and oxygen atoms in total. The molecule has 0 aliphatic heterocycles. The highest BCUT2D eigenvalue weighted by molar-refractivity contribution is 5.94. The van der Waals surface area contributed by atoms with Gasteiger partial charge in [0, 0.05) is 47.5 Å². The maximum absolute atomic E-state index is 14.5. The zero-order chi connectivity index (χ0) is 36.1. The average molecular weight is 675 g/mol. The van der Waals surface area contributed by atoms with Crippen molar-refractivity contribution in [2.75, 3.05) is 27.7 Å². The number of hydrogen-bond donors (Lipinski definition) is 4. The van der Waals surface area contributed by atoms with Crippen molar-refractivity contribution in [3.63, 3.8) is 0 Å². The van der Waals surface area contributed by atoms with Gasteiger partial charge in [-0.15, -0.1) is 0 Å². The third-order valence-electron chi connectivity index (χ3n) is 8.20. The summed E-state index contributed by atoms with van der Waals surface area (Å²) < 4.78 is 5.43. The molecule has 3 rings (SSSR count). The molecule has 264 valence electrons. The molecule has 0 aliphatic rings. The number of amides is 5. The topological polar surface area (TPSA) is 163 Å². The van der Waals surface area contributed by atoms with Gasteiger partial charge in [0.15, 0.2) is 5.72 Å². The number of fused-ring (bicyclic) bond motifs is 1. The van der Waals surface area contributed by atoms with Gasteiger partial charge < -0.3 is 25.6 Å². The monoisotopic (exact) mass is 674 g/mol. The molecule has 12 heteroatoms. The summed E-state index contributed by atoms with van der Waals surface area (Å²) in [5.74, 6) is -1.53. The van der Waals surface area contributed by atoms with E-state index in [2.05, 4.69) is 16.0 Å². The van der Waals surface area contributed by atoms with Crippen molar-refractivity contribution in [1.29, 1.82) is 0 Å². The Morgan fingerprint density at radius 3 is 2.06 bits per heavy atom. The summed E-state index contributed by atoms with van der Waals surface area (Å²) in [7, 11) is 4.49. The largest absolute Gasteiger partial charge is 0.428 e. The van der Waals surface area contributed by atoms with Crippen LogP contribution in [0.5, 0.6) is 0 Å². The van der Waals surface area contributed by atoms with Crippen LogP contribution in [0.3, 0.4) is 0 Å². The van der Waals surface area contributed by atoms with Crippen LogP contribution in [0.1, 0.15) is 51.2 Å². The Morgan fingerprint density at radius 1 is 0.796 bits per heavy atom. The number of rotatable bonds is 16. The zero-order valence-corrected chi connectivity index (χ0v) is 29.3. The van der Waals surface area contributed by atoms with Gasteiger partial charge in [0.25, 0.3) is 0 Å². The van der Waals surface area contributed by atoms with Gasteiger partial charge in [-0.1, -0.05) is 72.8 Å². The van der Waals surface area contributed by atoms with Crippen LogP contribution < -0.4 is 21.7 Å². The molecule has 0 spiro atoms. The Bertz CT molecular complexity index is 1590. The summed E-state index contributed by atoms with van der Waals surface area (Å²) >= 11 is 0. The molecule has 5 amide bonds. The minimum absolute atomic E-state index is 0.138. The van der Waals surface area contributed by atoms with Gasteiger partial charge in [-0.2, -0.15) is 0 Å². The smallest absolute Gasteiger partial charge is 0.411 e. The Balaban J connectivity index is 1.94. The van der Waals surface area contributed by atoms with Gasteiger partial charge in [-0.25, -0.2) is 4.79 Å². The molecule has 3 aromatic rings. The summed E-state index contributed by atoms with van der Waals surface area (Å²) in [5, 5.41) is 10.2. The highest BCUT2D eigenvalue weighted by Crippen LogP contribution is 2.21. The third-order valence-corrected chi connectivity index (χ3v) is 8.20. The minimum atomic E-state index is -1.29. The number of likely N-dealkylation sites (N-methyl/N-ethyl adjacent to an activating group) is 3. The fourth-order valence-electron chi connectivity index (χ4n) is 5.48. The number of hydrogen-bond acceptors (Lipinski definition) is 7. The van der Waals surface area contributed by atoms with E-state index in [-0.39, 0.29) is 24.7 Å². The summed E-state index contributed by atoms with van der Waals surface area (Å²) in [5.41, 5.74) is 6.29. The van der Waals surface area contributed by atoms with Gasteiger partial charge in [-0.3, -0.25) is 29.8 Å². The van der Waals surface area contributed by atoms with Gasteiger partial charge in [0.05, 0.1) is 0 Å². The van der Waals surface area contributed by atoms with E-state index in [9.17, 15) is 24.0 Å². The quantitative estimate of drug-likeness (QED) is 0.134.